The fourth-order valence-corrected chi connectivity index (χ4v) is 5.17. The van der Waals surface area contributed by atoms with Crippen molar-refractivity contribution in [2.75, 3.05) is 0 Å². The van der Waals surface area contributed by atoms with Crippen LogP contribution in [0.2, 0.25) is 0 Å². The van der Waals surface area contributed by atoms with E-state index < -0.39 is 9.84 Å². The minimum Gasteiger partial charge on any atom is -0.255 e. The second-order valence-electron chi connectivity index (χ2n) is 5.82. The monoisotopic (exact) mass is 335 g/mol. The third-order valence-corrected chi connectivity index (χ3v) is 6.35. The Morgan fingerprint density at radius 1 is 0.875 bits per heavy atom. The molecule has 0 saturated carbocycles. The predicted molar refractivity (Wildman–Crippen MR) is 90.1 cm³/mol. The number of nitrogens with zero attached hydrogens (tertiary/aromatic N) is 1. The summed E-state index contributed by atoms with van der Waals surface area (Å²) in [5.41, 5.74) is 1.21. The Morgan fingerprint density at radius 3 is 2.58 bits per heavy atom. The van der Waals surface area contributed by atoms with E-state index in [0.717, 1.165) is 0 Å². The van der Waals surface area contributed by atoms with Crippen LogP contribution in [0.5, 0.6) is 0 Å². The molecule has 1 aliphatic rings. The second kappa shape index (κ2) is 4.39. The lowest BCUT2D eigenvalue weighted by Crippen LogP contribution is -2.10. The number of rotatable bonds is 0. The first kappa shape index (κ1) is 13.6. The zero-order valence-corrected chi connectivity index (χ0v) is 13.1. The van der Waals surface area contributed by atoms with Gasteiger partial charge in [0.05, 0.1) is 15.5 Å². The summed E-state index contributed by atoms with van der Waals surface area (Å²) in [7, 11) is -3.64. The molecule has 5 rings (SSSR count). The molecular weight excluding hydrogens is 325 g/mol. The van der Waals surface area contributed by atoms with Gasteiger partial charge in [-0.25, -0.2) is 12.8 Å². The lowest BCUT2D eigenvalue weighted by molar-refractivity contribution is 0.596. The first-order valence-electron chi connectivity index (χ1n) is 7.43. The van der Waals surface area contributed by atoms with E-state index in [1.165, 1.54) is 12.1 Å². The fourth-order valence-electron chi connectivity index (χ4n) is 3.47. The quantitative estimate of drug-likeness (QED) is 0.396. The Balaban J connectivity index is 2.12. The maximum absolute atomic E-state index is 13.7. The number of halogens is 1. The molecule has 1 aromatic heterocycles. The fraction of sp³-hybridized carbons (Fsp3) is 0. The van der Waals surface area contributed by atoms with Crippen molar-refractivity contribution in [3.63, 3.8) is 0 Å². The average molecular weight is 335 g/mol. The largest absolute Gasteiger partial charge is 0.255 e. The second-order valence-corrected chi connectivity index (χ2v) is 7.71. The smallest absolute Gasteiger partial charge is 0.207 e. The third kappa shape index (κ3) is 1.59. The summed E-state index contributed by atoms with van der Waals surface area (Å²) in [5, 5.41) is 2.64. The molecule has 4 aromatic rings. The van der Waals surface area contributed by atoms with E-state index in [2.05, 4.69) is 4.98 Å². The summed E-state index contributed by atoms with van der Waals surface area (Å²) in [5.74, 6) is -0.352. The van der Waals surface area contributed by atoms with Crippen LogP contribution in [-0.2, 0) is 9.84 Å². The lowest BCUT2D eigenvalue weighted by atomic mass is 9.98. The van der Waals surface area contributed by atoms with Gasteiger partial charge in [0, 0.05) is 17.1 Å². The van der Waals surface area contributed by atoms with Gasteiger partial charge in [-0.05, 0) is 46.5 Å². The van der Waals surface area contributed by atoms with Crippen molar-refractivity contribution in [3.8, 4) is 11.3 Å². The molecule has 0 saturated heterocycles. The number of sulfone groups is 1. The standard InChI is InChI=1S/C19H10FNO2S/c20-12-6-5-11-9-17-18-13(15(11)10-12)7-8-21-19(18)14-3-1-2-4-16(14)24(17,22)23/h1-10H. The van der Waals surface area contributed by atoms with E-state index in [0.29, 0.717) is 32.8 Å². The van der Waals surface area contributed by atoms with E-state index >= 15 is 0 Å². The number of fused-ring (bicyclic) bond motifs is 4. The summed E-state index contributed by atoms with van der Waals surface area (Å²) < 4.78 is 39.9. The zero-order valence-electron chi connectivity index (χ0n) is 12.3. The number of hydrogen-bond donors (Lipinski definition) is 0. The Labute approximate surface area is 137 Å². The van der Waals surface area contributed by atoms with E-state index in [4.69, 9.17) is 0 Å². The Hall–Kier alpha value is -2.79. The van der Waals surface area contributed by atoms with Crippen LogP contribution < -0.4 is 0 Å². The van der Waals surface area contributed by atoms with Crippen LogP contribution in [0.15, 0.2) is 70.6 Å². The van der Waals surface area contributed by atoms with Crippen LogP contribution >= 0.6 is 0 Å². The minimum atomic E-state index is -3.64. The van der Waals surface area contributed by atoms with E-state index in [1.807, 2.05) is 0 Å². The minimum absolute atomic E-state index is 0.235. The van der Waals surface area contributed by atoms with Gasteiger partial charge >= 0.3 is 0 Å². The Kier molecular flexibility index (Phi) is 2.49. The van der Waals surface area contributed by atoms with Crippen LogP contribution in [0, 0.1) is 5.82 Å². The molecule has 0 atom stereocenters. The molecule has 0 N–H and O–H groups in total. The average Bonchev–Trinajstić information content (AvgIpc) is 2.60. The number of aromatic nitrogens is 1. The summed E-state index contributed by atoms with van der Waals surface area (Å²) in [6, 6.07) is 14.6. The summed E-state index contributed by atoms with van der Waals surface area (Å²) in [6.07, 6.45) is 1.64. The molecule has 0 spiro atoms. The number of pyridine rings is 1. The lowest BCUT2D eigenvalue weighted by Gasteiger charge is -2.21. The first-order valence-corrected chi connectivity index (χ1v) is 8.91. The molecule has 5 heteroatoms. The molecule has 3 nitrogen and oxygen atoms in total. The molecule has 24 heavy (non-hydrogen) atoms. The van der Waals surface area contributed by atoms with Gasteiger partial charge in [-0.1, -0.05) is 24.3 Å². The molecule has 0 bridgehead atoms. The van der Waals surface area contributed by atoms with Crippen molar-refractivity contribution in [2.45, 2.75) is 9.79 Å². The molecule has 1 aliphatic heterocycles. The van der Waals surface area contributed by atoms with Crippen molar-refractivity contribution in [3.05, 3.63) is 66.6 Å². The molecule has 116 valence electrons. The SMILES string of the molecule is O=S1(=O)c2ccccc2-c2nccc3c2c1cc1ccc(F)cc13. The molecular formula is C19H10FNO2S. The molecule has 0 amide bonds. The maximum Gasteiger partial charge on any atom is 0.207 e. The zero-order chi connectivity index (χ0) is 16.5. The highest BCUT2D eigenvalue weighted by Crippen LogP contribution is 2.45. The molecule has 0 unspecified atom stereocenters. The van der Waals surface area contributed by atoms with Crippen molar-refractivity contribution in [1.82, 2.24) is 4.98 Å². The Bertz CT molecular complexity index is 1280. The van der Waals surface area contributed by atoms with Gasteiger partial charge in [0.1, 0.15) is 5.82 Å². The van der Waals surface area contributed by atoms with Gasteiger partial charge in [-0.3, -0.25) is 4.98 Å². The normalized spacial score (nSPS) is 14.7. The van der Waals surface area contributed by atoms with Gasteiger partial charge in [0.25, 0.3) is 0 Å². The first-order chi connectivity index (χ1) is 11.6. The summed E-state index contributed by atoms with van der Waals surface area (Å²) in [6.45, 7) is 0. The topological polar surface area (TPSA) is 47.0 Å². The Morgan fingerprint density at radius 2 is 1.71 bits per heavy atom. The van der Waals surface area contributed by atoms with Crippen molar-refractivity contribution < 1.29 is 12.8 Å². The van der Waals surface area contributed by atoms with Crippen LogP contribution in [-0.4, -0.2) is 13.4 Å². The highest BCUT2D eigenvalue weighted by Gasteiger charge is 2.32. The summed E-state index contributed by atoms with van der Waals surface area (Å²) in [4.78, 5) is 4.91. The molecule has 2 heterocycles. The van der Waals surface area contributed by atoms with E-state index in [9.17, 15) is 12.8 Å². The van der Waals surface area contributed by atoms with Gasteiger partial charge in [-0.2, -0.15) is 0 Å². The van der Waals surface area contributed by atoms with Crippen LogP contribution in [0.25, 0.3) is 32.8 Å². The molecule has 3 aromatic carbocycles. The van der Waals surface area contributed by atoms with Crippen LogP contribution in [0.4, 0.5) is 4.39 Å². The third-order valence-electron chi connectivity index (χ3n) is 4.51. The number of hydrogen-bond acceptors (Lipinski definition) is 3. The predicted octanol–water partition coefficient (Wildman–Crippen LogP) is 4.34. The highest BCUT2D eigenvalue weighted by atomic mass is 32.2. The van der Waals surface area contributed by atoms with E-state index in [1.54, 1.807) is 48.7 Å². The van der Waals surface area contributed by atoms with Gasteiger partial charge in [0.2, 0.25) is 9.84 Å². The van der Waals surface area contributed by atoms with Crippen LogP contribution in [0.1, 0.15) is 0 Å². The van der Waals surface area contributed by atoms with Gasteiger partial charge in [0.15, 0.2) is 0 Å². The maximum atomic E-state index is 13.7. The van der Waals surface area contributed by atoms with Crippen molar-refractivity contribution in [2.24, 2.45) is 0 Å². The van der Waals surface area contributed by atoms with Crippen molar-refractivity contribution >= 4 is 31.4 Å². The van der Waals surface area contributed by atoms with Crippen LogP contribution in [0.3, 0.4) is 0 Å². The highest BCUT2D eigenvalue weighted by molar-refractivity contribution is 7.92. The van der Waals surface area contributed by atoms with Crippen molar-refractivity contribution in [1.29, 1.82) is 0 Å². The number of benzene rings is 3. The molecule has 0 aliphatic carbocycles. The van der Waals surface area contributed by atoms with Gasteiger partial charge in [-0.15, -0.1) is 0 Å². The molecule has 0 fully saturated rings. The molecule has 0 radical (unpaired) electrons. The van der Waals surface area contributed by atoms with E-state index in [-0.39, 0.29) is 15.6 Å². The van der Waals surface area contributed by atoms with Gasteiger partial charge < -0.3 is 0 Å². The summed E-state index contributed by atoms with van der Waals surface area (Å²) >= 11 is 0.